The van der Waals surface area contributed by atoms with E-state index in [4.69, 9.17) is 5.73 Å². The average Bonchev–Trinajstić information content (AvgIpc) is 2.95. The van der Waals surface area contributed by atoms with E-state index in [-0.39, 0.29) is 23.9 Å². The molecule has 5 heteroatoms. The minimum absolute atomic E-state index is 0.0602. The highest BCUT2D eigenvalue weighted by atomic mass is 16.2. The number of carbonyl (C=O) groups excluding carboxylic acids is 2. The predicted octanol–water partition coefficient (Wildman–Crippen LogP) is 0.241. The summed E-state index contributed by atoms with van der Waals surface area (Å²) in [4.78, 5) is 25.6. The van der Waals surface area contributed by atoms with E-state index in [1.807, 2.05) is 4.90 Å². The summed E-state index contributed by atoms with van der Waals surface area (Å²) < 4.78 is 0. The van der Waals surface area contributed by atoms with Crippen molar-refractivity contribution in [2.45, 2.75) is 51.1 Å². The van der Waals surface area contributed by atoms with Gasteiger partial charge in [-0.05, 0) is 25.2 Å². The molecule has 0 spiro atoms. The van der Waals surface area contributed by atoms with Crippen LogP contribution in [-0.4, -0.2) is 41.9 Å². The Morgan fingerprint density at radius 2 is 1.94 bits per heavy atom. The highest BCUT2D eigenvalue weighted by molar-refractivity contribution is 5.87. The van der Waals surface area contributed by atoms with E-state index in [1.165, 1.54) is 6.92 Å². The maximum Gasteiger partial charge on any atom is 0.245 e. The van der Waals surface area contributed by atoms with Gasteiger partial charge in [0.2, 0.25) is 11.8 Å². The summed E-state index contributed by atoms with van der Waals surface area (Å²) >= 11 is 0. The first-order chi connectivity index (χ1) is 8.58. The van der Waals surface area contributed by atoms with Crippen LogP contribution < -0.4 is 11.1 Å². The zero-order chi connectivity index (χ0) is 13.1. The van der Waals surface area contributed by atoms with Crippen molar-refractivity contribution >= 4 is 11.8 Å². The molecule has 1 heterocycles. The summed E-state index contributed by atoms with van der Waals surface area (Å²) in [5, 5.41) is 2.84. The number of rotatable bonds is 3. The second-order valence-corrected chi connectivity index (χ2v) is 5.56. The number of likely N-dealkylation sites (tertiary alicyclic amines) is 1. The molecule has 2 aliphatic rings. The first-order valence-corrected chi connectivity index (χ1v) is 6.89. The Morgan fingerprint density at radius 1 is 1.28 bits per heavy atom. The molecule has 0 aromatic heterocycles. The standard InChI is InChI=1S/C13H23N3O2/c1-9(17)15-12(10-4-2-3-5-10)13(18)16-7-6-11(14)8-16/h10-12H,2-8,14H2,1H3,(H,15,17). The molecule has 0 radical (unpaired) electrons. The largest absolute Gasteiger partial charge is 0.344 e. The molecule has 5 nitrogen and oxygen atoms in total. The second kappa shape index (κ2) is 5.69. The molecule has 1 aliphatic carbocycles. The Bertz CT molecular complexity index is 326. The minimum atomic E-state index is -0.338. The van der Waals surface area contributed by atoms with Crippen LogP contribution in [0.25, 0.3) is 0 Å². The van der Waals surface area contributed by atoms with Gasteiger partial charge in [-0.15, -0.1) is 0 Å². The summed E-state index contributed by atoms with van der Waals surface area (Å²) in [5.74, 6) is 0.243. The van der Waals surface area contributed by atoms with E-state index < -0.39 is 0 Å². The molecular weight excluding hydrogens is 230 g/mol. The van der Waals surface area contributed by atoms with E-state index >= 15 is 0 Å². The van der Waals surface area contributed by atoms with Gasteiger partial charge in [-0.3, -0.25) is 9.59 Å². The molecule has 0 aromatic rings. The van der Waals surface area contributed by atoms with Crippen LogP contribution in [-0.2, 0) is 9.59 Å². The Morgan fingerprint density at radius 3 is 2.44 bits per heavy atom. The smallest absolute Gasteiger partial charge is 0.245 e. The lowest BCUT2D eigenvalue weighted by molar-refractivity contribution is -0.136. The van der Waals surface area contributed by atoms with Crippen LogP contribution in [0.5, 0.6) is 0 Å². The molecule has 1 saturated carbocycles. The number of nitrogens with two attached hydrogens (primary N) is 1. The highest BCUT2D eigenvalue weighted by Gasteiger charge is 2.36. The van der Waals surface area contributed by atoms with Crippen molar-refractivity contribution < 1.29 is 9.59 Å². The lowest BCUT2D eigenvalue weighted by Crippen LogP contribution is -2.51. The van der Waals surface area contributed by atoms with Crippen LogP contribution >= 0.6 is 0 Å². The molecule has 2 atom stereocenters. The van der Waals surface area contributed by atoms with Gasteiger partial charge in [0.05, 0.1) is 0 Å². The van der Waals surface area contributed by atoms with E-state index in [1.54, 1.807) is 0 Å². The van der Waals surface area contributed by atoms with Crippen molar-refractivity contribution in [1.29, 1.82) is 0 Å². The molecule has 3 N–H and O–H groups in total. The molecule has 2 unspecified atom stereocenters. The molecule has 2 amide bonds. The zero-order valence-corrected chi connectivity index (χ0v) is 11.0. The number of hydrogen-bond donors (Lipinski definition) is 2. The highest BCUT2D eigenvalue weighted by Crippen LogP contribution is 2.29. The fourth-order valence-corrected chi connectivity index (χ4v) is 3.08. The van der Waals surface area contributed by atoms with Crippen LogP contribution in [0.2, 0.25) is 0 Å². The third-order valence-corrected chi connectivity index (χ3v) is 4.03. The Hall–Kier alpha value is -1.10. The summed E-state index contributed by atoms with van der Waals surface area (Å²) in [6.07, 6.45) is 5.26. The monoisotopic (exact) mass is 253 g/mol. The summed E-state index contributed by atoms with van der Waals surface area (Å²) in [6.45, 7) is 2.83. The van der Waals surface area contributed by atoms with Crippen LogP contribution in [0, 0.1) is 5.92 Å². The molecule has 2 fully saturated rings. The van der Waals surface area contributed by atoms with Crippen LogP contribution in [0.15, 0.2) is 0 Å². The van der Waals surface area contributed by atoms with Crippen LogP contribution in [0.1, 0.15) is 39.0 Å². The fraction of sp³-hybridized carbons (Fsp3) is 0.846. The molecule has 1 aliphatic heterocycles. The SMILES string of the molecule is CC(=O)NC(C(=O)N1CCC(N)C1)C1CCCC1. The lowest BCUT2D eigenvalue weighted by Gasteiger charge is -2.28. The number of hydrogen-bond acceptors (Lipinski definition) is 3. The molecule has 0 bridgehead atoms. The second-order valence-electron chi connectivity index (χ2n) is 5.56. The van der Waals surface area contributed by atoms with Crippen molar-refractivity contribution in [2.24, 2.45) is 11.7 Å². The number of nitrogens with zero attached hydrogens (tertiary/aromatic N) is 1. The van der Waals surface area contributed by atoms with Gasteiger partial charge in [-0.2, -0.15) is 0 Å². The van der Waals surface area contributed by atoms with Crippen LogP contribution in [0.3, 0.4) is 0 Å². The minimum Gasteiger partial charge on any atom is -0.344 e. The van der Waals surface area contributed by atoms with Crippen molar-refractivity contribution in [2.75, 3.05) is 13.1 Å². The normalized spacial score (nSPS) is 26.3. The molecule has 2 rings (SSSR count). The Balaban J connectivity index is 2.02. The maximum absolute atomic E-state index is 12.5. The molecule has 18 heavy (non-hydrogen) atoms. The molecule has 102 valence electrons. The van der Waals surface area contributed by atoms with E-state index in [2.05, 4.69) is 5.32 Å². The van der Waals surface area contributed by atoms with Gasteiger partial charge < -0.3 is 16.0 Å². The van der Waals surface area contributed by atoms with E-state index in [9.17, 15) is 9.59 Å². The lowest BCUT2D eigenvalue weighted by atomic mass is 9.96. The third-order valence-electron chi connectivity index (χ3n) is 4.03. The van der Waals surface area contributed by atoms with E-state index in [0.717, 1.165) is 38.6 Å². The van der Waals surface area contributed by atoms with Gasteiger partial charge in [-0.25, -0.2) is 0 Å². The van der Waals surface area contributed by atoms with Gasteiger partial charge in [-0.1, -0.05) is 12.8 Å². The van der Waals surface area contributed by atoms with Crippen molar-refractivity contribution in [3.05, 3.63) is 0 Å². The first-order valence-electron chi connectivity index (χ1n) is 6.89. The Labute approximate surface area is 108 Å². The maximum atomic E-state index is 12.5. The zero-order valence-electron chi connectivity index (χ0n) is 11.0. The first kappa shape index (κ1) is 13.3. The Kier molecular flexibility index (Phi) is 4.22. The topological polar surface area (TPSA) is 75.4 Å². The predicted molar refractivity (Wildman–Crippen MR) is 68.7 cm³/mol. The van der Waals surface area contributed by atoms with Crippen molar-refractivity contribution in [3.8, 4) is 0 Å². The van der Waals surface area contributed by atoms with E-state index in [0.29, 0.717) is 12.5 Å². The quantitative estimate of drug-likeness (QED) is 0.756. The van der Waals surface area contributed by atoms with Gasteiger partial charge in [0.25, 0.3) is 0 Å². The van der Waals surface area contributed by atoms with Crippen LogP contribution in [0.4, 0.5) is 0 Å². The number of amides is 2. The molecule has 1 saturated heterocycles. The van der Waals surface area contributed by atoms with Gasteiger partial charge in [0.1, 0.15) is 6.04 Å². The van der Waals surface area contributed by atoms with Gasteiger partial charge >= 0.3 is 0 Å². The summed E-state index contributed by atoms with van der Waals surface area (Å²) in [7, 11) is 0. The summed E-state index contributed by atoms with van der Waals surface area (Å²) in [6, 6.07) is -0.245. The summed E-state index contributed by atoms with van der Waals surface area (Å²) in [5.41, 5.74) is 5.84. The molecular formula is C13H23N3O2. The average molecular weight is 253 g/mol. The van der Waals surface area contributed by atoms with Crippen molar-refractivity contribution in [3.63, 3.8) is 0 Å². The van der Waals surface area contributed by atoms with Crippen molar-refractivity contribution in [1.82, 2.24) is 10.2 Å². The molecule has 0 aromatic carbocycles. The van der Waals surface area contributed by atoms with Gasteiger partial charge in [0.15, 0.2) is 0 Å². The third kappa shape index (κ3) is 3.02. The van der Waals surface area contributed by atoms with Gasteiger partial charge in [0, 0.05) is 26.1 Å². The number of nitrogens with one attached hydrogen (secondary N) is 1. The fourth-order valence-electron chi connectivity index (χ4n) is 3.08. The number of carbonyl (C=O) groups is 2.